The first-order chi connectivity index (χ1) is 9.04. The SMILES string of the molecule is CCOC(=O)c1nc(C)n(-c2ccc(I)cc2)c1N. The van der Waals surface area contributed by atoms with Crippen molar-refractivity contribution in [3.63, 3.8) is 0 Å². The van der Waals surface area contributed by atoms with Crippen LogP contribution in [0, 0.1) is 10.5 Å². The lowest BCUT2D eigenvalue weighted by atomic mass is 10.3. The van der Waals surface area contributed by atoms with Gasteiger partial charge in [-0.3, -0.25) is 4.57 Å². The Kier molecular flexibility index (Phi) is 4.08. The standard InChI is InChI=1S/C13H14IN3O2/c1-3-19-13(18)11-12(15)17(8(2)16-11)10-6-4-9(14)5-7-10/h4-7H,3,15H2,1-2H3. The number of nitrogen functional groups attached to an aromatic ring is 1. The zero-order valence-corrected chi connectivity index (χ0v) is 12.8. The molecule has 0 bridgehead atoms. The van der Waals surface area contributed by atoms with Crippen molar-refractivity contribution in [3.8, 4) is 5.69 Å². The molecule has 0 saturated heterocycles. The Balaban J connectivity index is 2.47. The Morgan fingerprint density at radius 1 is 1.42 bits per heavy atom. The summed E-state index contributed by atoms with van der Waals surface area (Å²) < 4.78 is 7.80. The van der Waals surface area contributed by atoms with Crippen molar-refractivity contribution in [2.45, 2.75) is 13.8 Å². The maximum atomic E-state index is 11.7. The monoisotopic (exact) mass is 371 g/mol. The normalized spacial score (nSPS) is 10.5. The number of imidazole rings is 1. The van der Waals surface area contributed by atoms with Crippen LogP contribution in [0.2, 0.25) is 0 Å². The fourth-order valence-electron chi connectivity index (χ4n) is 1.82. The molecular formula is C13H14IN3O2. The number of aromatic nitrogens is 2. The van der Waals surface area contributed by atoms with Crippen LogP contribution < -0.4 is 5.73 Å². The molecule has 2 N–H and O–H groups in total. The first kappa shape index (κ1) is 13.9. The summed E-state index contributed by atoms with van der Waals surface area (Å²) in [4.78, 5) is 15.9. The second-order valence-electron chi connectivity index (χ2n) is 3.93. The van der Waals surface area contributed by atoms with E-state index < -0.39 is 5.97 Å². The number of carbonyl (C=O) groups is 1. The molecule has 1 aromatic heterocycles. The highest BCUT2D eigenvalue weighted by Crippen LogP contribution is 2.21. The number of hydrogen-bond acceptors (Lipinski definition) is 4. The summed E-state index contributed by atoms with van der Waals surface area (Å²) in [7, 11) is 0. The fraction of sp³-hybridized carbons (Fsp3) is 0.231. The predicted octanol–water partition coefficient (Wildman–Crippen LogP) is 2.54. The van der Waals surface area contributed by atoms with E-state index in [1.165, 1.54) is 0 Å². The smallest absolute Gasteiger partial charge is 0.360 e. The third-order valence-corrected chi connectivity index (χ3v) is 3.35. The van der Waals surface area contributed by atoms with Gasteiger partial charge in [0, 0.05) is 9.26 Å². The third-order valence-electron chi connectivity index (χ3n) is 2.63. The Bertz CT molecular complexity index is 605. The van der Waals surface area contributed by atoms with Crippen LogP contribution in [0.1, 0.15) is 23.2 Å². The molecular weight excluding hydrogens is 357 g/mol. The minimum absolute atomic E-state index is 0.165. The van der Waals surface area contributed by atoms with E-state index in [2.05, 4.69) is 27.6 Å². The second-order valence-corrected chi connectivity index (χ2v) is 5.17. The van der Waals surface area contributed by atoms with Crippen LogP contribution in [-0.4, -0.2) is 22.1 Å². The van der Waals surface area contributed by atoms with Crippen LogP contribution in [0.4, 0.5) is 5.82 Å². The van der Waals surface area contributed by atoms with Crippen LogP contribution in [0.15, 0.2) is 24.3 Å². The van der Waals surface area contributed by atoms with Gasteiger partial charge >= 0.3 is 5.97 Å². The lowest BCUT2D eigenvalue weighted by molar-refractivity contribution is 0.0521. The quantitative estimate of drug-likeness (QED) is 0.665. The summed E-state index contributed by atoms with van der Waals surface area (Å²) in [6.07, 6.45) is 0. The van der Waals surface area contributed by atoms with Crippen LogP contribution in [0.3, 0.4) is 0 Å². The van der Waals surface area contributed by atoms with Gasteiger partial charge in [0.2, 0.25) is 0 Å². The zero-order chi connectivity index (χ0) is 14.0. The summed E-state index contributed by atoms with van der Waals surface area (Å²) in [5.74, 6) is 0.464. The summed E-state index contributed by atoms with van der Waals surface area (Å²) >= 11 is 2.23. The first-order valence-electron chi connectivity index (χ1n) is 5.82. The molecule has 0 aliphatic heterocycles. The van der Waals surface area contributed by atoms with Gasteiger partial charge in [-0.05, 0) is 60.7 Å². The minimum Gasteiger partial charge on any atom is -0.461 e. The van der Waals surface area contributed by atoms with Crippen molar-refractivity contribution >= 4 is 34.4 Å². The van der Waals surface area contributed by atoms with E-state index in [1.807, 2.05) is 24.3 Å². The van der Waals surface area contributed by atoms with E-state index in [0.717, 1.165) is 9.26 Å². The van der Waals surface area contributed by atoms with E-state index in [-0.39, 0.29) is 5.69 Å². The van der Waals surface area contributed by atoms with Gasteiger partial charge in [0.15, 0.2) is 5.69 Å². The molecule has 0 spiro atoms. The number of anilines is 1. The number of hydrogen-bond donors (Lipinski definition) is 1. The number of rotatable bonds is 3. The molecule has 1 aromatic carbocycles. The molecule has 1 heterocycles. The van der Waals surface area contributed by atoms with E-state index >= 15 is 0 Å². The van der Waals surface area contributed by atoms with Gasteiger partial charge < -0.3 is 10.5 Å². The molecule has 100 valence electrons. The number of halogens is 1. The Morgan fingerprint density at radius 2 is 2.05 bits per heavy atom. The first-order valence-corrected chi connectivity index (χ1v) is 6.90. The van der Waals surface area contributed by atoms with Crippen molar-refractivity contribution in [1.29, 1.82) is 0 Å². The predicted molar refractivity (Wildman–Crippen MR) is 81.4 cm³/mol. The molecule has 0 amide bonds. The highest BCUT2D eigenvalue weighted by Gasteiger charge is 2.20. The van der Waals surface area contributed by atoms with E-state index in [1.54, 1.807) is 18.4 Å². The van der Waals surface area contributed by atoms with Crippen LogP contribution in [0.5, 0.6) is 0 Å². The maximum Gasteiger partial charge on any atom is 0.360 e. The van der Waals surface area contributed by atoms with Crippen molar-refractivity contribution < 1.29 is 9.53 Å². The molecule has 6 heteroatoms. The van der Waals surface area contributed by atoms with Gasteiger partial charge in [-0.15, -0.1) is 0 Å². The van der Waals surface area contributed by atoms with Crippen LogP contribution >= 0.6 is 22.6 Å². The van der Waals surface area contributed by atoms with Crippen LogP contribution in [-0.2, 0) is 4.74 Å². The summed E-state index contributed by atoms with van der Waals surface area (Å²) in [6, 6.07) is 7.81. The van der Waals surface area contributed by atoms with Crippen LogP contribution in [0.25, 0.3) is 5.69 Å². The van der Waals surface area contributed by atoms with Gasteiger partial charge in [-0.1, -0.05) is 0 Å². The number of esters is 1. The number of aryl methyl sites for hydroxylation is 1. The molecule has 0 fully saturated rings. The third kappa shape index (κ3) is 2.73. The van der Waals surface area contributed by atoms with Crippen molar-refractivity contribution in [3.05, 3.63) is 39.4 Å². The van der Waals surface area contributed by atoms with Gasteiger partial charge in [0.25, 0.3) is 0 Å². The average molecular weight is 371 g/mol. The molecule has 5 nitrogen and oxygen atoms in total. The van der Waals surface area contributed by atoms with Crippen molar-refractivity contribution in [1.82, 2.24) is 9.55 Å². The second kappa shape index (κ2) is 5.60. The zero-order valence-electron chi connectivity index (χ0n) is 10.7. The molecule has 0 radical (unpaired) electrons. The van der Waals surface area contributed by atoms with E-state index in [9.17, 15) is 4.79 Å². The number of nitrogens with zero attached hydrogens (tertiary/aromatic N) is 2. The van der Waals surface area contributed by atoms with Gasteiger partial charge in [-0.25, -0.2) is 9.78 Å². The van der Waals surface area contributed by atoms with E-state index in [4.69, 9.17) is 10.5 Å². The Labute approximate surface area is 124 Å². The van der Waals surface area contributed by atoms with E-state index in [0.29, 0.717) is 18.2 Å². The molecule has 19 heavy (non-hydrogen) atoms. The topological polar surface area (TPSA) is 70.1 Å². The van der Waals surface area contributed by atoms with Gasteiger partial charge in [-0.2, -0.15) is 0 Å². The molecule has 0 atom stereocenters. The average Bonchev–Trinajstić information content (AvgIpc) is 2.67. The summed E-state index contributed by atoms with van der Waals surface area (Å²) in [5.41, 5.74) is 7.04. The number of nitrogens with two attached hydrogens (primary N) is 1. The van der Waals surface area contributed by atoms with Crippen molar-refractivity contribution in [2.75, 3.05) is 12.3 Å². The maximum absolute atomic E-state index is 11.7. The Hall–Kier alpha value is -1.57. The molecule has 2 aromatic rings. The molecule has 2 rings (SSSR count). The highest BCUT2D eigenvalue weighted by molar-refractivity contribution is 14.1. The van der Waals surface area contributed by atoms with Gasteiger partial charge in [0.05, 0.1) is 6.61 Å². The minimum atomic E-state index is -0.493. The summed E-state index contributed by atoms with van der Waals surface area (Å²) in [5, 5.41) is 0. The number of carbonyl (C=O) groups excluding carboxylic acids is 1. The number of benzene rings is 1. The molecule has 0 aliphatic rings. The highest BCUT2D eigenvalue weighted by atomic mass is 127. The Morgan fingerprint density at radius 3 is 2.63 bits per heavy atom. The van der Waals surface area contributed by atoms with Crippen molar-refractivity contribution in [2.24, 2.45) is 0 Å². The summed E-state index contributed by atoms with van der Waals surface area (Å²) in [6.45, 7) is 3.85. The lowest BCUT2D eigenvalue weighted by Gasteiger charge is -2.07. The fourth-order valence-corrected chi connectivity index (χ4v) is 2.17. The molecule has 0 saturated carbocycles. The van der Waals surface area contributed by atoms with Gasteiger partial charge in [0.1, 0.15) is 11.6 Å². The lowest BCUT2D eigenvalue weighted by Crippen LogP contribution is -2.09. The molecule has 0 unspecified atom stereocenters. The largest absolute Gasteiger partial charge is 0.461 e. The number of ether oxygens (including phenoxy) is 1. The molecule has 0 aliphatic carbocycles.